The van der Waals surface area contributed by atoms with E-state index in [1.165, 1.54) is 31.7 Å². The maximum Gasteiger partial charge on any atom is 0.357 e. The van der Waals surface area contributed by atoms with E-state index in [1.807, 2.05) is 54.6 Å². The summed E-state index contributed by atoms with van der Waals surface area (Å²) in [5.74, 6) is -0.279. The summed E-state index contributed by atoms with van der Waals surface area (Å²) in [7, 11) is 2.56. The van der Waals surface area contributed by atoms with Crippen LogP contribution in [0.25, 0.3) is 16.9 Å². The van der Waals surface area contributed by atoms with E-state index in [9.17, 15) is 9.59 Å². The number of nitrogens with zero attached hydrogens (tertiary/aromatic N) is 2. The molecule has 6 nitrogen and oxygen atoms in total. The number of hydrogen-bond acceptors (Lipinski definition) is 6. The molecule has 3 rings (SSSR count). The number of carbonyl (C=O) groups excluding carboxylic acids is 2. The van der Waals surface area contributed by atoms with Crippen LogP contribution in [0.5, 0.6) is 0 Å². The van der Waals surface area contributed by atoms with Gasteiger partial charge in [-0.3, -0.25) is 0 Å². The van der Waals surface area contributed by atoms with Crippen LogP contribution in [0.4, 0.5) is 0 Å². The number of methoxy groups -OCH3 is 2. The number of para-hydroxylation sites is 1. The van der Waals surface area contributed by atoms with Gasteiger partial charge in [0.25, 0.3) is 0 Å². The summed E-state index contributed by atoms with van der Waals surface area (Å²) in [5.41, 5.74) is 1.89. The second kappa shape index (κ2) is 10.8. The Morgan fingerprint density at radius 1 is 0.968 bits per heavy atom. The van der Waals surface area contributed by atoms with Gasteiger partial charge in [-0.05, 0) is 36.4 Å². The fourth-order valence-corrected chi connectivity index (χ4v) is 4.20. The number of carbonyl (C=O) groups is 2. The molecule has 0 aliphatic heterocycles. The van der Waals surface area contributed by atoms with Crippen LogP contribution >= 0.6 is 11.8 Å². The third-order valence-electron chi connectivity index (χ3n) is 4.78. The number of ether oxygens (including phenoxy) is 2. The second-order valence-electron chi connectivity index (χ2n) is 6.89. The van der Waals surface area contributed by atoms with Crippen LogP contribution in [0.3, 0.4) is 0 Å². The molecule has 0 atom stereocenters. The molecule has 0 saturated carbocycles. The van der Waals surface area contributed by atoms with Gasteiger partial charge >= 0.3 is 11.9 Å². The molecule has 1 aromatic heterocycles. The van der Waals surface area contributed by atoms with Crippen LogP contribution < -0.4 is 0 Å². The molecule has 0 radical (unpaired) electrons. The predicted molar refractivity (Wildman–Crippen MR) is 122 cm³/mol. The molecule has 0 spiro atoms. The molecule has 0 fully saturated rings. The average Bonchev–Trinajstić information content (AvgIpc) is 3.22. The van der Waals surface area contributed by atoms with Gasteiger partial charge in [-0.2, -0.15) is 5.10 Å². The van der Waals surface area contributed by atoms with Crippen molar-refractivity contribution in [2.45, 2.75) is 31.1 Å². The molecule has 0 bridgehead atoms. The van der Waals surface area contributed by atoms with Crippen molar-refractivity contribution in [1.29, 1.82) is 0 Å². The van der Waals surface area contributed by atoms with Gasteiger partial charge in [0, 0.05) is 10.5 Å². The highest BCUT2D eigenvalue weighted by molar-refractivity contribution is 7.99. The average molecular weight is 439 g/mol. The number of thioether (sulfide) groups is 1. The number of aromatic nitrogens is 2. The Hall–Kier alpha value is -3.06. The highest BCUT2D eigenvalue weighted by atomic mass is 32.2. The molecule has 1 heterocycles. The van der Waals surface area contributed by atoms with Crippen LogP contribution in [-0.4, -0.2) is 41.7 Å². The van der Waals surface area contributed by atoms with E-state index >= 15 is 0 Å². The first kappa shape index (κ1) is 22.6. The van der Waals surface area contributed by atoms with Crippen LogP contribution in [0.15, 0.2) is 59.5 Å². The van der Waals surface area contributed by atoms with Crippen molar-refractivity contribution in [2.24, 2.45) is 0 Å². The van der Waals surface area contributed by atoms with Crippen molar-refractivity contribution in [2.75, 3.05) is 20.0 Å². The third-order valence-corrected chi connectivity index (χ3v) is 5.86. The van der Waals surface area contributed by atoms with Gasteiger partial charge in [0.2, 0.25) is 0 Å². The lowest BCUT2D eigenvalue weighted by Crippen LogP contribution is -2.15. The quantitative estimate of drug-likeness (QED) is 0.253. The molecule has 7 heteroatoms. The van der Waals surface area contributed by atoms with Crippen LogP contribution in [0, 0.1) is 0 Å². The molecule has 0 unspecified atom stereocenters. The van der Waals surface area contributed by atoms with E-state index in [2.05, 4.69) is 12.0 Å². The molecule has 0 N–H and O–H groups in total. The fourth-order valence-electron chi connectivity index (χ4n) is 3.23. The molecule has 162 valence electrons. The van der Waals surface area contributed by atoms with Gasteiger partial charge in [0.15, 0.2) is 5.69 Å². The smallest absolute Gasteiger partial charge is 0.357 e. The van der Waals surface area contributed by atoms with Gasteiger partial charge in [0.1, 0.15) is 11.3 Å². The molecule has 0 saturated heterocycles. The Kier molecular flexibility index (Phi) is 7.89. The lowest BCUT2D eigenvalue weighted by molar-refractivity contribution is 0.0549. The Bertz CT molecular complexity index is 1050. The summed E-state index contributed by atoms with van der Waals surface area (Å²) >= 11 is 1.77. The number of unbranched alkanes of at least 4 members (excludes halogenated alkanes) is 2. The minimum Gasteiger partial charge on any atom is -0.465 e. The van der Waals surface area contributed by atoms with Gasteiger partial charge in [-0.25, -0.2) is 14.3 Å². The number of benzene rings is 2. The Labute approximate surface area is 186 Å². The lowest BCUT2D eigenvalue weighted by atomic mass is 10.1. The second-order valence-corrected chi connectivity index (χ2v) is 8.05. The van der Waals surface area contributed by atoms with Crippen LogP contribution in [0.1, 0.15) is 47.0 Å². The maximum atomic E-state index is 12.7. The lowest BCUT2D eigenvalue weighted by Gasteiger charge is -2.07. The third kappa shape index (κ3) is 5.17. The Morgan fingerprint density at radius 2 is 1.71 bits per heavy atom. The standard InChI is InChI=1S/C24H26N2O4S/c1-4-5-9-15-31-19-14-10-11-17(16-19)21-20(23(27)29-2)22(24(28)30-3)26(25-21)18-12-7-6-8-13-18/h6-8,10-14,16H,4-5,9,15H2,1-3H3. The topological polar surface area (TPSA) is 70.4 Å². The van der Waals surface area contributed by atoms with E-state index in [0.29, 0.717) is 11.4 Å². The number of rotatable bonds is 9. The minimum absolute atomic E-state index is 0.0385. The molecule has 0 amide bonds. The highest BCUT2D eigenvalue weighted by Crippen LogP contribution is 2.31. The molecule has 3 aromatic rings. The van der Waals surface area contributed by atoms with Crippen molar-refractivity contribution in [3.63, 3.8) is 0 Å². The summed E-state index contributed by atoms with van der Waals surface area (Å²) in [6, 6.07) is 17.0. The van der Waals surface area contributed by atoms with Gasteiger partial charge < -0.3 is 9.47 Å². The molecule has 31 heavy (non-hydrogen) atoms. The monoisotopic (exact) mass is 438 g/mol. The van der Waals surface area contributed by atoms with E-state index < -0.39 is 11.9 Å². The van der Waals surface area contributed by atoms with E-state index in [4.69, 9.17) is 9.47 Å². The maximum absolute atomic E-state index is 12.7. The fraction of sp³-hybridized carbons (Fsp3) is 0.292. The summed E-state index contributed by atoms with van der Waals surface area (Å²) in [5, 5.41) is 4.65. The molecular formula is C24H26N2O4S. The SMILES string of the molecule is CCCCCSc1cccc(-c2nn(-c3ccccc3)c(C(=O)OC)c2C(=O)OC)c1. The molecule has 2 aromatic carbocycles. The summed E-state index contributed by atoms with van der Waals surface area (Å²) in [4.78, 5) is 26.5. The van der Waals surface area contributed by atoms with E-state index in [1.54, 1.807) is 11.8 Å². The predicted octanol–water partition coefficient (Wildman–Crippen LogP) is 5.39. The molecule has 0 aliphatic carbocycles. The van der Waals surface area contributed by atoms with Gasteiger partial charge in [-0.15, -0.1) is 11.8 Å². The van der Waals surface area contributed by atoms with Crippen molar-refractivity contribution in [3.8, 4) is 16.9 Å². The zero-order valence-electron chi connectivity index (χ0n) is 18.0. The van der Waals surface area contributed by atoms with Crippen LogP contribution in [0.2, 0.25) is 0 Å². The number of hydrogen-bond donors (Lipinski definition) is 0. The minimum atomic E-state index is -0.659. The first-order chi connectivity index (χ1) is 15.1. The normalized spacial score (nSPS) is 10.7. The Balaban J connectivity index is 2.13. The molecular weight excluding hydrogens is 412 g/mol. The van der Waals surface area contributed by atoms with Crippen molar-refractivity contribution >= 4 is 23.7 Å². The largest absolute Gasteiger partial charge is 0.465 e. The van der Waals surface area contributed by atoms with E-state index in [-0.39, 0.29) is 11.3 Å². The van der Waals surface area contributed by atoms with Crippen molar-refractivity contribution in [3.05, 3.63) is 65.9 Å². The summed E-state index contributed by atoms with van der Waals surface area (Å²) < 4.78 is 11.4. The first-order valence-corrected chi connectivity index (χ1v) is 11.2. The van der Waals surface area contributed by atoms with Gasteiger partial charge in [0.05, 0.1) is 19.9 Å². The van der Waals surface area contributed by atoms with Crippen molar-refractivity contribution < 1.29 is 19.1 Å². The highest BCUT2D eigenvalue weighted by Gasteiger charge is 2.31. The summed E-state index contributed by atoms with van der Waals surface area (Å²) in [6.07, 6.45) is 3.52. The zero-order chi connectivity index (χ0) is 22.2. The Morgan fingerprint density at radius 3 is 2.39 bits per heavy atom. The zero-order valence-corrected chi connectivity index (χ0v) is 18.8. The number of esters is 2. The van der Waals surface area contributed by atoms with E-state index in [0.717, 1.165) is 22.6 Å². The van der Waals surface area contributed by atoms with Crippen LogP contribution in [-0.2, 0) is 9.47 Å². The molecule has 0 aliphatic rings. The van der Waals surface area contributed by atoms with Gasteiger partial charge in [-0.1, -0.05) is 50.1 Å². The summed E-state index contributed by atoms with van der Waals surface area (Å²) in [6.45, 7) is 2.18. The van der Waals surface area contributed by atoms with Crippen molar-refractivity contribution in [1.82, 2.24) is 9.78 Å². The first-order valence-electron chi connectivity index (χ1n) is 10.2.